The summed E-state index contributed by atoms with van der Waals surface area (Å²) in [6.07, 6.45) is -9.92. The average Bonchev–Trinajstić information content (AvgIpc) is 2.70. The Hall–Kier alpha value is -1.78. The maximum absolute atomic E-state index is 13.6. The van der Waals surface area contributed by atoms with Gasteiger partial charge in [-0.1, -0.05) is 6.92 Å². The lowest BCUT2D eigenvalue weighted by Gasteiger charge is -2.44. The molecule has 0 radical (unpaired) electrons. The number of halogens is 21. The van der Waals surface area contributed by atoms with Crippen LogP contribution in [0.4, 0.5) is 92.2 Å². The summed E-state index contributed by atoms with van der Waals surface area (Å²) in [5.41, 5.74) is 0. The van der Waals surface area contributed by atoms with Crippen LogP contribution in [0.25, 0.3) is 0 Å². The molecule has 0 bridgehead atoms. The number of hydrogen-bond donors (Lipinski definition) is 0. The van der Waals surface area contributed by atoms with Crippen LogP contribution in [0.3, 0.4) is 0 Å². The number of hydrogen-bond acceptors (Lipinski definition) is 2. The lowest BCUT2D eigenvalue weighted by Crippen LogP contribution is -2.76. The number of alkyl halides is 21. The van der Waals surface area contributed by atoms with Crippen LogP contribution >= 0.6 is 0 Å². The molecular weight excluding hydrogens is 631 g/mol. The molecule has 0 aromatic rings. The standard InChI is InChI=1S/C14H7F21O2S/c1-2-38(36,37)4-3-5(15,16)6(17,18)7(19,20)8(21,22)9(23,24)10(25,26)11(27,28)12(29,30)13(31,32)14(33,34)35/h3-4H,2H2,1H3. The molecule has 38 heavy (non-hydrogen) atoms. The zero-order valence-corrected chi connectivity index (χ0v) is 17.8. The maximum Gasteiger partial charge on any atom is 0.460 e. The second-order valence-corrected chi connectivity index (χ2v) is 9.15. The van der Waals surface area contributed by atoms with E-state index in [1.54, 1.807) is 0 Å². The highest BCUT2D eigenvalue weighted by molar-refractivity contribution is 7.94. The molecule has 0 atom stereocenters. The highest BCUT2D eigenvalue weighted by Gasteiger charge is 2.97. The minimum Gasteiger partial charge on any atom is -0.224 e. The summed E-state index contributed by atoms with van der Waals surface area (Å²) in [7, 11) is -5.05. The van der Waals surface area contributed by atoms with E-state index in [0.29, 0.717) is 6.92 Å². The highest BCUT2D eigenvalue weighted by Crippen LogP contribution is 2.66. The fraction of sp³-hybridized carbons (Fsp3) is 0.857. The van der Waals surface area contributed by atoms with Gasteiger partial charge in [-0.3, -0.25) is 0 Å². The van der Waals surface area contributed by atoms with Crippen molar-refractivity contribution < 1.29 is 101 Å². The zero-order valence-electron chi connectivity index (χ0n) is 17.0. The van der Waals surface area contributed by atoms with Gasteiger partial charge in [0, 0.05) is 11.5 Å². The normalized spacial score (nSPS) is 16.9. The highest BCUT2D eigenvalue weighted by atomic mass is 32.2. The van der Waals surface area contributed by atoms with E-state index in [-0.39, 0.29) is 0 Å². The van der Waals surface area contributed by atoms with E-state index in [9.17, 15) is 101 Å². The maximum atomic E-state index is 13.6. The van der Waals surface area contributed by atoms with Crippen molar-refractivity contribution in [2.24, 2.45) is 0 Å². The number of sulfone groups is 1. The molecule has 0 N–H and O–H groups in total. The fourth-order valence-corrected chi connectivity index (χ4v) is 2.53. The third kappa shape index (κ3) is 4.74. The Bertz CT molecular complexity index is 1000. The van der Waals surface area contributed by atoms with Crippen LogP contribution in [0, 0.1) is 0 Å². The summed E-state index contributed by atoms with van der Waals surface area (Å²) in [4.78, 5) is 0. The Morgan fingerprint density at radius 2 is 0.684 bits per heavy atom. The predicted molar refractivity (Wildman–Crippen MR) is 79.2 cm³/mol. The Morgan fingerprint density at radius 3 is 0.921 bits per heavy atom. The van der Waals surface area contributed by atoms with Crippen molar-refractivity contribution >= 4 is 9.84 Å². The van der Waals surface area contributed by atoms with E-state index in [2.05, 4.69) is 0 Å². The summed E-state index contributed by atoms with van der Waals surface area (Å²) < 4.78 is 298. The topological polar surface area (TPSA) is 34.1 Å². The fourth-order valence-electron chi connectivity index (χ4n) is 1.96. The largest absolute Gasteiger partial charge is 0.460 e. The van der Waals surface area contributed by atoms with Gasteiger partial charge in [-0.25, -0.2) is 8.42 Å². The molecule has 0 aliphatic carbocycles. The summed E-state index contributed by atoms with van der Waals surface area (Å²) in [6, 6.07) is 0. The average molecular weight is 638 g/mol. The summed E-state index contributed by atoms with van der Waals surface area (Å²) in [5, 5.41) is -1.10. The van der Waals surface area contributed by atoms with Crippen molar-refractivity contribution in [1.29, 1.82) is 0 Å². The lowest BCUT2D eigenvalue weighted by atomic mass is 9.86. The molecule has 0 unspecified atom stereocenters. The van der Waals surface area contributed by atoms with Crippen LogP contribution in [0.15, 0.2) is 11.5 Å². The van der Waals surface area contributed by atoms with Gasteiger partial charge in [0.15, 0.2) is 9.84 Å². The molecule has 0 amide bonds. The van der Waals surface area contributed by atoms with Gasteiger partial charge in [0.2, 0.25) is 0 Å². The van der Waals surface area contributed by atoms with Gasteiger partial charge in [0.1, 0.15) is 0 Å². The van der Waals surface area contributed by atoms with Gasteiger partial charge < -0.3 is 0 Å². The molecular formula is C14H7F21O2S. The molecule has 0 rings (SSSR count). The van der Waals surface area contributed by atoms with Crippen molar-refractivity contribution in [3.63, 3.8) is 0 Å². The van der Waals surface area contributed by atoms with Crippen LogP contribution < -0.4 is 0 Å². The Morgan fingerprint density at radius 1 is 0.447 bits per heavy atom. The molecule has 0 spiro atoms. The van der Waals surface area contributed by atoms with Gasteiger partial charge in [0.05, 0.1) is 5.75 Å². The quantitative estimate of drug-likeness (QED) is 0.224. The molecule has 0 saturated carbocycles. The molecule has 24 heteroatoms. The number of allylic oxidation sites excluding steroid dienone is 1. The molecule has 0 saturated heterocycles. The van der Waals surface area contributed by atoms with E-state index in [4.69, 9.17) is 0 Å². The van der Waals surface area contributed by atoms with E-state index < -0.39 is 86.6 Å². The van der Waals surface area contributed by atoms with Crippen molar-refractivity contribution in [2.75, 3.05) is 5.75 Å². The zero-order chi connectivity index (χ0) is 31.6. The van der Waals surface area contributed by atoms with Crippen molar-refractivity contribution in [2.45, 2.75) is 66.4 Å². The molecule has 0 aliphatic heterocycles. The van der Waals surface area contributed by atoms with Crippen LogP contribution in [-0.4, -0.2) is 73.6 Å². The van der Waals surface area contributed by atoms with Crippen molar-refractivity contribution in [3.8, 4) is 0 Å². The first kappa shape index (κ1) is 36.2. The van der Waals surface area contributed by atoms with Crippen LogP contribution in [0.5, 0.6) is 0 Å². The first-order chi connectivity index (χ1) is 16.0. The second kappa shape index (κ2) is 9.13. The Kier molecular flexibility index (Phi) is 8.70. The summed E-state index contributed by atoms with van der Waals surface area (Å²) >= 11 is 0. The van der Waals surface area contributed by atoms with Gasteiger partial charge in [-0.05, 0) is 0 Å². The van der Waals surface area contributed by atoms with Crippen molar-refractivity contribution in [1.82, 2.24) is 0 Å². The van der Waals surface area contributed by atoms with Gasteiger partial charge in [-0.15, -0.1) is 0 Å². The van der Waals surface area contributed by atoms with Crippen LogP contribution in [-0.2, 0) is 9.84 Å². The Balaban J connectivity index is 7.12. The van der Waals surface area contributed by atoms with Crippen molar-refractivity contribution in [3.05, 3.63) is 11.5 Å². The van der Waals surface area contributed by atoms with Gasteiger partial charge in [-0.2, -0.15) is 92.2 Å². The molecule has 2 nitrogen and oxygen atoms in total. The number of rotatable bonds is 11. The van der Waals surface area contributed by atoms with E-state index in [1.165, 1.54) is 0 Å². The Labute approximate surface area is 195 Å². The monoisotopic (exact) mass is 638 g/mol. The summed E-state index contributed by atoms with van der Waals surface area (Å²) in [6.45, 7) is 0.569. The molecule has 0 aromatic heterocycles. The predicted octanol–water partition coefficient (Wildman–Crippen LogP) is 7.21. The molecule has 228 valence electrons. The second-order valence-electron chi connectivity index (χ2n) is 6.97. The SMILES string of the molecule is CCS(=O)(=O)C=CC(F)(F)C(F)(F)C(F)(F)C(F)(F)C(F)(F)C(F)(F)C(F)(F)C(F)(F)C(F)(F)C(F)(F)F. The minimum absolute atomic E-state index is 0.569. The smallest absolute Gasteiger partial charge is 0.224 e. The van der Waals surface area contributed by atoms with Crippen LogP contribution in [0.2, 0.25) is 0 Å². The van der Waals surface area contributed by atoms with E-state index in [0.717, 1.165) is 0 Å². The molecule has 0 aromatic carbocycles. The van der Waals surface area contributed by atoms with Gasteiger partial charge in [0.25, 0.3) is 0 Å². The van der Waals surface area contributed by atoms with E-state index in [1.807, 2.05) is 0 Å². The minimum atomic E-state index is -9.25. The first-order valence-corrected chi connectivity index (χ1v) is 10.1. The summed E-state index contributed by atoms with van der Waals surface area (Å²) in [5.74, 6) is -79.5. The van der Waals surface area contributed by atoms with Gasteiger partial charge >= 0.3 is 59.5 Å². The van der Waals surface area contributed by atoms with Crippen LogP contribution in [0.1, 0.15) is 6.92 Å². The lowest BCUT2D eigenvalue weighted by molar-refractivity contribution is -0.473. The third-order valence-electron chi connectivity index (χ3n) is 4.42. The third-order valence-corrected chi connectivity index (χ3v) is 5.78. The molecule has 0 heterocycles. The molecule has 0 aliphatic rings. The first-order valence-electron chi connectivity index (χ1n) is 8.41. The molecule has 0 fully saturated rings. The van der Waals surface area contributed by atoms with E-state index >= 15 is 0 Å².